The minimum Gasteiger partial charge on any atom is -0.329 e. The lowest BCUT2D eigenvalue weighted by Crippen LogP contribution is -2.36. The Morgan fingerprint density at radius 1 is 0.960 bits per heavy atom. The van der Waals surface area contributed by atoms with E-state index in [1.807, 2.05) is 5.32 Å². The lowest BCUT2D eigenvalue weighted by molar-refractivity contribution is -0.136. The van der Waals surface area contributed by atoms with E-state index in [1.54, 1.807) is 0 Å². The third-order valence-electron chi connectivity index (χ3n) is 3.00. The number of urea groups is 1. The summed E-state index contributed by atoms with van der Waals surface area (Å²) in [6.45, 7) is -0.503. The van der Waals surface area contributed by atoms with Crippen molar-refractivity contribution >= 4 is 23.3 Å². The second kappa shape index (κ2) is 7.65. The van der Waals surface area contributed by atoms with Crippen LogP contribution in [0.3, 0.4) is 0 Å². The number of hydrogen-bond acceptors (Lipinski definition) is 2. The Morgan fingerprint density at radius 2 is 1.68 bits per heavy atom. The number of carbonyl (C=O) groups excluding carboxylic acids is 2. The highest BCUT2D eigenvalue weighted by molar-refractivity contribution is 5.97. The number of amides is 3. The highest BCUT2D eigenvalue weighted by Gasteiger charge is 2.33. The van der Waals surface area contributed by atoms with Gasteiger partial charge in [0.2, 0.25) is 5.91 Å². The molecule has 2 rings (SSSR count). The number of alkyl halides is 3. The molecule has 0 aromatic heterocycles. The summed E-state index contributed by atoms with van der Waals surface area (Å²) in [6.07, 6.45) is -4.63. The summed E-state index contributed by atoms with van der Waals surface area (Å²) in [5, 5.41) is 6.49. The molecule has 0 aliphatic rings. The van der Waals surface area contributed by atoms with E-state index in [2.05, 4.69) is 10.6 Å². The zero-order chi connectivity index (χ0) is 18.4. The van der Waals surface area contributed by atoms with E-state index < -0.39 is 41.7 Å². The predicted molar refractivity (Wildman–Crippen MR) is 83.5 cm³/mol. The van der Waals surface area contributed by atoms with Gasteiger partial charge in [0.05, 0.1) is 17.8 Å². The molecule has 9 heteroatoms. The van der Waals surface area contributed by atoms with Crippen LogP contribution in [0.15, 0.2) is 48.5 Å². The molecule has 0 aliphatic heterocycles. The molecule has 132 valence electrons. The first-order valence-electron chi connectivity index (χ1n) is 7.02. The zero-order valence-corrected chi connectivity index (χ0v) is 12.7. The van der Waals surface area contributed by atoms with Gasteiger partial charge in [-0.05, 0) is 30.3 Å². The quantitative estimate of drug-likeness (QED) is 0.734. The summed E-state index contributed by atoms with van der Waals surface area (Å²) in [7, 11) is 0. The molecule has 0 saturated carbocycles. The van der Waals surface area contributed by atoms with Gasteiger partial charge >= 0.3 is 12.2 Å². The van der Waals surface area contributed by atoms with Gasteiger partial charge in [0.25, 0.3) is 0 Å². The molecule has 3 N–H and O–H groups in total. The number of hydrogen-bond donors (Lipinski definition) is 3. The van der Waals surface area contributed by atoms with E-state index in [0.29, 0.717) is 0 Å². The maximum Gasteiger partial charge on any atom is 0.418 e. The minimum atomic E-state index is -4.63. The normalized spacial score (nSPS) is 10.9. The lowest BCUT2D eigenvalue weighted by Gasteiger charge is -2.14. The summed E-state index contributed by atoms with van der Waals surface area (Å²) in [6, 6.07) is 8.57. The molecule has 0 saturated heterocycles. The van der Waals surface area contributed by atoms with Crippen LogP contribution in [0.4, 0.5) is 33.7 Å². The molecular weight excluding hydrogens is 342 g/mol. The molecule has 0 fully saturated rings. The monoisotopic (exact) mass is 355 g/mol. The van der Waals surface area contributed by atoms with Crippen LogP contribution in [0.2, 0.25) is 0 Å². The van der Waals surface area contributed by atoms with Gasteiger partial charge in [-0.2, -0.15) is 13.2 Å². The van der Waals surface area contributed by atoms with Crippen molar-refractivity contribution in [3.05, 3.63) is 59.9 Å². The minimum absolute atomic E-state index is 0.189. The third kappa shape index (κ3) is 5.48. The van der Waals surface area contributed by atoms with Gasteiger partial charge in [-0.25, -0.2) is 9.18 Å². The molecule has 0 unspecified atom stereocenters. The first kappa shape index (κ1) is 18.2. The van der Waals surface area contributed by atoms with Crippen molar-refractivity contribution in [2.24, 2.45) is 0 Å². The molecule has 25 heavy (non-hydrogen) atoms. The number of anilines is 2. The second-order valence-electron chi connectivity index (χ2n) is 4.91. The standard InChI is InChI=1S/C16H13F4N3O2/c17-10-4-3-5-11(8-10)22-14(24)9-21-15(25)23-13-7-2-1-6-12(13)16(18,19)20/h1-8H,9H2,(H,22,24)(H2,21,23,25). The number of para-hydroxylation sites is 1. The molecule has 0 aliphatic carbocycles. The molecule has 0 heterocycles. The van der Waals surface area contributed by atoms with Crippen molar-refractivity contribution in [2.75, 3.05) is 17.2 Å². The second-order valence-corrected chi connectivity index (χ2v) is 4.91. The Hall–Kier alpha value is -3.10. The number of carbonyl (C=O) groups is 2. The van der Waals surface area contributed by atoms with Crippen molar-refractivity contribution in [3.63, 3.8) is 0 Å². The zero-order valence-electron chi connectivity index (χ0n) is 12.7. The van der Waals surface area contributed by atoms with E-state index in [1.165, 1.54) is 30.3 Å². The van der Waals surface area contributed by atoms with Gasteiger partial charge in [0.15, 0.2) is 0 Å². The topological polar surface area (TPSA) is 70.2 Å². The van der Waals surface area contributed by atoms with Crippen molar-refractivity contribution in [2.45, 2.75) is 6.18 Å². The fourth-order valence-electron chi connectivity index (χ4n) is 1.94. The Labute approximate surface area is 140 Å². The van der Waals surface area contributed by atoms with E-state index >= 15 is 0 Å². The maximum absolute atomic E-state index is 13.0. The SMILES string of the molecule is O=C(CNC(=O)Nc1ccccc1C(F)(F)F)Nc1cccc(F)c1. The molecule has 5 nitrogen and oxygen atoms in total. The maximum atomic E-state index is 13.0. The third-order valence-corrected chi connectivity index (χ3v) is 3.00. The highest BCUT2D eigenvalue weighted by Crippen LogP contribution is 2.34. The molecular formula is C16H13F4N3O2. The number of halogens is 4. The summed E-state index contributed by atoms with van der Waals surface area (Å²) in [4.78, 5) is 23.3. The first-order valence-corrected chi connectivity index (χ1v) is 7.02. The van der Waals surface area contributed by atoms with Crippen molar-refractivity contribution in [1.29, 1.82) is 0 Å². The van der Waals surface area contributed by atoms with E-state index in [0.717, 1.165) is 18.2 Å². The van der Waals surface area contributed by atoms with Crippen LogP contribution >= 0.6 is 0 Å². The molecule has 0 spiro atoms. The first-order chi connectivity index (χ1) is 11.8. The van der Waals surface area contributed by atoms with E-state index in [-0.39, 0.29) is 5.69 Å². The van der Waals surface area contributed by atoms with Crippen molar-refractivity contribution in [3.8, 4) is 0 Å². The smallest absolute Gasteiger partial charge is 0.329 e. The van der Waals surface area contributed by atoms with Gasteiger partial charge in [-0.15, -0.1) is 0 Å². The summed E-state index contributed by atoms with van der Waals surface area (Å²) in [5.41, 5.74) is -1.25. The van der Waals surface area contributed by atoms with Crippen LogP contribution < -0.4 is 16.0 Å². The van der Waals surface area contributed by atoms with Gasteiger partial charge < -0.3 is 16.0 Å². The molecule has 0 atom stereocenters. The van der Waals surface area contributed by atoms with Crippen LogP contribution in [-0.4, -0.2) is 18.5 Å². The van der Waals surface area contributed by atoms with Crippen LogP contribution in [0, 0.1) is 5.82 Å². The largest absolute Gasteiger partial charge is 0.418 e. The van der Waals surface area contributed by atoms with E-state index in [4.69, 9.17) is 0 Å². The van der Waals surface area contributed by atoms with E-state index in [9.17, 15) is 27.2 Å². The number of rotatable bonds is 4. The molecule has 0 bridgehead atoms. The lowest BCUT2D eigenvalue weighted by atomic mass is 10.1. The predicted octanol–water partition coefficient (Wildman–Crippen LogP) is 3.60. The van der Waals surface area contributed by atoms with Crippen LogP contribution in [0.1, 0.15) is 5.56 Å². The van der Waals surface area contributed by atoms with Crippen LogP contribution in [0.5, 0.6) is 0 Å². The summed E-state index contributed by atoms with van der Waals surface area (Å²) < 4.78 is 51.4. The van der Waals surface area contributed by atoms with Gasteiger partial charge in [0, 0.05) is 5.69 Å². The fraction of sp³-hybridized carbons (Fsp3) is 0.125. The summed E-state index contributed by atoms with van der Waals surface area (Å²) in [5.74, 6) is -1.21. The Balaban J connectivity index is 1.90. The van der Waals surface area contributed by atoms with Crippen LogP contribution in [0.25, 0.3) is 0 Å². The summed E-state index contributed by atoms with van der Waals surface area (Å²) >= 11 is 0. The number of nitrogens with one attached hydrogen (secondary N) is 3. The molecule has 2 aromatic carbocycles. The van der Waals surface area contributed by atoms with Crippen LogP contribution in [-0.2, 0) is 11.0 Å². The molecule has 3 amide bonds. The van der Waals surface area contributed by atoms with Crippen molar-refractivity contribution in [1.82, 2.24) is 5.32 Å². The van der Waals surface area contributed by atoms with Gasteiger partial charge in [-0.1, -0.05) is 18.2 Å². The number of benzene rings is 2. The van der Waals surface area contributed by atoms with Crippen molar-refractivity contribution < 1.29 is 27.2 Å². The Bertz CT molecular complexity index is 778. The van der Waals surface area contributed by atoms with Gasteiger partial charge in [0.1, 0.15) is 5.82 Å². The molecule has 2 aromatic rings. The fourth-order valence-corrected chi connectivity index (χ4v) is 1.94. The average molecular weight is 355 g/mol. The Morgan fingerprint density at radius 3 is 2.36 bits per heavy atom. The highest BCUT2D eigenvalue weighted by atomic mass is 19.4. The Kier molecular flexibility index (Phi) is 5.58. The average Bonchev–Trinajstić information content (AvgIpc) is 2.52. The van der Waals surface area contributed by atoms with Gasteiger partial charge in [-0.3, -0.25) is 4.79 Å². The molecule has 0 radical (unpaired) electrons.